The Balaban J connectivity index is 2.04. The highest BCUT2D eigenvalue weighted by atomic mass is 16.5. The Morgan fingerprint density at radius 1 is 1.64 bits per heavy atom. The van der Waals surface area contributed by atoms with E-state index in [0.29, 0.717) is 24.7 Å². The summed E-state index contributed by atoms with van der Waals surface area (Å²) in [5.41, 5.74) is 5.47. The normalized spacial score (nSPS) is 33.0. The van der Waals surface area contributed by atoms with Crippen LogP contribution in [0.25, 0.3) is 0 Å². The van der Waals surface area contributed by atoms with Gasteiger partial charge in [-0.3, -0.25) is 0 Å². The minimum Gasteiger partial charge on any atom is -0.381 e. The van der Waals surface area contributed by atoms with E-state index < -0.39 is 0 Å². The average Bonchev–Trinajstić information content (AvgIpc) is 1.95. The molecule has 1 saturated carbocycles. The van der Waals surface area contributed by atoms with Crippen molar-refractivity contribution in [1.29, 1.82) is 0 Å². The lowest BCUT2D eigenvalue weighted by Crippen LogP contribution is -2.50. The van der Waals surface area contributed by atoms with Gasteiger partial charge in [0.05, 0.1) is 6.10 Å². The van der Waals surface area contributed by atoms with E-state index in [-0.39, 0.29) is 0 Å². The zero-order valence-electron chi connectivity index (χ0n) is 7.34. The first-order chi connectivity index (χ1) is 5.26. The van der Waals surface area contributed by atoms with Gasteiger partial charge >= 0.3 is 0 Å². The fourth-order valence-electron chi connectivity index (χ4n) is 1.36. The Labute approximate surface area is 68.3 Å². The minimum atomic E-state index is 0.442. The third-order valence-corrected chi connectivity index (χ3v) is 2.30. The molecule has 0 aromatic carbocycles. The lowest BCUT2D eigenvalue weighted by molar-refractivity contribution is 0.0151. The molecule has 1 aliphatic rings. The second-order valence-corrected chi connectivity index (χ2v) is 3.33. The van der Waals surface area contributed by atoms with E-state index in [0.717, 1.165) is 12.8 Å². The monoisotopic (exact) mass is 158 g/mol. The summed E-state index contributed by atoms with van der Waals surface area (Å²) < 4.78 is 5.16. The summed E-state index contributed by atoms with van der Waals surface area (Å²) in [6.45, 7) is 2.83. The minimum absolute atomic E-state index is 0.442. The maximum absolute atomic E-state index is 5.47. The van der Waals surface area contributed by atoms with Crippen molar-refractivity contribution in [2.75, 3.05) is 13.7 Å². The van der Waals surface area contributed by atoms with Crippen LogP contribution in [0.3, 0.4) is 0 Å². The molecule has 0 radical (unpaired) electrons. The Kier molecular flexibility index (Phi) is 3.30. The molecular weight excluding hydrogens is 140 g/mol. The van der Waals surface area contributed by atoms with Crippen molar-refractivity contribution in [2.45, 2.75) is 38.0 Å². The SMILES string of the molecule is COC1CC(NC(C)CN)C1. The second-order valence-electron chi connectivity index (χ2n) is 3.33. The van der Waals surface area contributed by atoms with Crippen LogP contribution in [-0.2, 0) is 4.74 Å². The van der Waals surface area contributed by atoms with E-state index in [1.165, 1.54) is 0 Å². The maximum Gasteiger partial charge on any atom is 0.0601 e. The van der Waals surface area contributed by atoms with Crippen LogP contribution in [0, 0.1) is 0 Å². The molecular formula is C8H18N2O. The summed E-state index contributed by atoms with van der Waals surface area (Å²) in [5.74, 6) is 0. The van der Waals surface area contributed by atoms with Crippen molar-refractivity contribution in [1.82, 2.24) is 5.32 Å². The predicted octanol–water partition coefficient (Wildman–Crippen LogP) is 0.101. The number of methoxy groups -OCH3 is 1. The molecule has 0 bridgehead atoms. The van der Waals surface area contributed by atoms with Crippen molar-refractivity contribution in [3.8, 4) is 0 Å². The highest BCUT2D eigenvalue weighted by Crippen LogP contribution is 2.22. The van der Waals surface area contributed by atoms with Crippen LogP contribution < -0.4 is 11.1 Å². The summed E-state index contributed by atoms with van der Waals surface area (Å²) in [5, 5.41) is 3.43. The summed E-state index contributed by atoms with van der Waals surface area (Å²) in [4.78, 5) is 0. The third-order valence-electron chi connectivity index (χ3n) is 2.30. The standard InChI is InChI=1S/C8H18N2O/c1-6(5-9)10-7-3-8(4-7)11-2/h6-8,10H,3-5,9H2,1-2H3. The van der Waals surface area contributed by atoms with E-state index in [4.69, 9.17) is 10.5 Å². The van der Waals surface area contributed by atoms with Gasteiger partial charge in [0.25, 0.3) is 0 Å². The van der Waals surface area contributed by atoms with Crippen molar-refractivity contribution in [3.05, 3.63) is 0 Å². The molecule has 11 heavy (non-hydrogen) atoms. The van der Waals surface area contributed by atoms with Gasteiger partial charge in [0.2, 0.25) is 0 Å². The van der Waals surface area contributed by atoms with Gasteiger partial charge in [-0.05, 0) is 19.8 Å². The predicted molar refractivity (Wildman–Crippen MR) is 45.5 cm³/mol. The van der Waals surface area contributed by atoms with E-state index in [2.05, 4.69) is 12.2 Å². The maximum atomic E-state index is 5.47. The topological polar surface area (TPSA) is 47.3 Å². The molecule has 0 saturated heterocycles. The van der Waals surface area contributed by atoms with E-state index >= 15 is 0 Å². The van der Waals surface area contributed by atoms with Crippen LogP contribution in [0.1, 0.15) is 19.8 Å². The molecule has 1 aliphatic carbocycles. The molecule has 0 heterocycles. The summed E-state index contributed by atoms with van der Waals surface area (Å²) in [7, 11) is 1.77. The number of hydrogen-bond acceptors (Lipinski definition) is 3. The molecule has 3 nitrogen and oxygen atoms in total. The quantitative estimate of drug-likeness (QED) is 0.610. The Hall–Kier alpha value is -0.120. The highest BCUT2D eigenvalue weighted by Gasteiger charge is 2.29. The Morgan fingerprint density at radius 3 is 2.73 bits per heavy atom. The van der Waals surface area contributed by atoms with Gasteiger partial charge < -0.3 is 15.8 Å². The molecule has 0 amide bonds. The van der Waals surface area contributed by atoms with Crippen LogP contribution in [0.4, 0.5) is 0 Å². The molecule has 1 rings (SSSR count). The number of nitrogens with two attached hydrogens (primary N) is 1. The van der Waals surface area contributed by atoms with Crippen LogP contribution in [0.5, 0.6) is 0 Å². The van der Waals surface area contributed by atoms with E-state index in [1.54, 1.807) is 7.11 Å². The molecule has 66 valence electrons. The van der Waals surface area contributed by atoms with Gasteiger partial charge in [0.15, 0.2) is 0 Å². The van der Waals surface area contributed by atoms with Crippen molar-refractivity contribution in [3.63, 3.8) is 0 Å². The Bertz CT molecular complexity index is 113. The molecule has 1 atom stereocenters. The van der Waals surface area contributed by atoms with E-state index in [1.807, 2.05) is 0 Å². The lowest BCUT2D eigenvalue weighted by Gasteiger charge is -2.36. The zero-order chi connectivity index (χ0) is 8.27. The van der Waals surface area contributed by atoms with Gasteiger partial charge in [-0.1, -0.05) is 0 Å². The second kappa shape index (κ2) is 4.04. The largest absolute Gasteiger partial charge is 0.381 e. The van der Waals surface area contributed by atoms with Gasteiger partial charge in [-0.25, -0.2) is 0 Å². The first-order valence-corrected chi connectivity index (χ1v) is 4.25. The molecule has 0 aromatic heterocycles. The molecule has 0 aromatic rings. The van der Waals surface area contributed by atoms with Gasteiger partial charge in [0.1, 0.15) is 0 Å². The van der Waals surface area contributed by atoms with Crippen molar-refractivity contribution < 1.29 is 4.74 Å². The molecule has 3 N–H and O–H groups in total. The molecule has 3 heteroatoms. The summed E-state index contributed by atoms with van der Waals surface area (Å²) >= 11 is 0. The third kappa shape index (κ3) is 2.43. The smallest absolute Gasteiger partial charge is 0.0601 e. The molecule has 1 fully saturated rings. The highest BCUT2D eigenvalue weighted by molar-refractivity contribution is 4.87. The van der Waals surface area contributed by atoms with Crippen molar-refractivity contribution >= 4 is 0 Å². The molecule has 1 unspecified atom stereocenters. The van der Waals surface area contributed by atoms with E-state index in [9.17, 15) is 0 Å². The van der Waals surface area contributed by atoms with Crippen LogP contribution in [0.2, 0.25) is 0 Å². The molecule has 0 spiro atoms. The number of ether oxygens (including phenoxy) is 1. The molecule has 0 aliphatic heterocycles. The number of rotatable bonds is 4. The summed E-state index contributed by atoms with van der Waals surface area (Å²) in [6, 6.07) is 1.08. The van der Waals surface area contributed by atoms with Gasteiger partial charge in [-0.15, -0.1) is 0 Å². The van der Waals surface area contributed by atoms with Crippen molar-refractivity contribution in [2.24, 2.45) is 5.73 Å². The fraction of sp³-hybridized carbons (Fsp3) is 1.00. The van der Waals surface area contributed by atoms with Gasteiger partial charge in [-0.2, -0.15) is 0 Å². The number of hydrogen-bond donors (Lipinski definition) is 2. The average molecular weight is 158 g/mol. The summed E-state index contributed by atoms with van der Waals surface area (Å²) in [6.07, 6.45) is 2.76. The van der Waals surface area contributed by atoms with Crippen LogP contribution >= 0.6 is 0 Å². The Morgan fingerprint density at radius 2 is 2.27 bits per heavy atom. The van der Waals surface area contributed by atoms with Crippen LogP contribution in [-0.4, -0.2) is 31.8 Å². The zero-order valence-corrected chi connectivity index (χ0v) is 7.34. The first kappa shape index (κ1) is 8.97. The van der Waals surface area contributed by atoms with Gasteiger partial charge in [0, 0.05) is 25.7 Å². The number of nitrogens with one attached hydrogen (secondary N) is 1. The fourth-order valence-corrected chi connectivity index (χ4v) is 1.36. The first-order valence-electron chi connectivity index (χ1n) is 4.25. The van der Waals surface area contributed by atoms with Crippen LogP contribution in [0.15, 0.2) is 0 Å². The lowest BCUT2D eigenvalue weighted by atomic mass is 9.89.